The van der Waals surface area contributed by atoms with Gasteiger partial charge >= 0.3 is 6.09 Å². The van der Waals surface area contributed by atoms with Crippen LogP contribution in [0.2, 0.25) is 0 Å². The fraction of sp³-hybridized carbons (Fsp3) is 0.355. The van der Waals surface area contributed by atoms with Crippen molar-refractivity contribution in [2.45, 2.75) is 44.8 Å². The molecule has 0 spiro atoms. The summed E-state index contributed by atoms with van der Waals surface area (Å²) in [4.78, 5) is 25.2. The van der Waals surface area contributed by atoms with Gasteiger partial charge in [-0.15, -0.1) is 0 Å². The van der Waals surface area contributed by atoms with Crippen molar-refractivity contribution in [3.63, 3.8) is 0 Å². The Balaban J connectivity index is 0.00000441. The smallest absolute Gasteiger partial charge is 0.411 e. The number of aliphatic hydroxyl groups is 1. The SMILES string of the molecule is C[N+]1(C)CCC(OC(=O)Nc2cc(CCCC(=O)Nc3ccc(CO)cc3F)ccc2-c2ccccc2)CC1.[I-]. The molecule has 3 aromatic carbocycles. The highest BCUT2D eigenvalue weighted by Gasteiger charge is 2.28. The number of nitrogens with one attached hydrogen (secondary N) is 2. The van der Waals surface area contributed by atoms with Crippen LogP contribution in [0.5, 0.6) is 0 Å². The van der Waals surface area contributed by atoms with Gasteiger partial charge in [-0.05, 0) is 47.7 Å². The van der Waals surface area contributed by atoms with Crippen molar-refractivity contribution in [3.8, 4) is 11.1 Å². The van der Waals surface area contributed by atoms with Crippen LogP contribution in [0.4, 0.5) is 20.6 Å². The number of carbonyl (C=O) groups is 2. The summed E-state index contributed by atoms with van der Waals surface area (Å²) in [5, 5.41) is 14.7. The van der Waals surface area contributed by atoms with Gasteiger partial charge in [0, 0.05) is 24.8 Å². The van der Waals surface area contributed by atoms with Gasteiger partial charge < -0.3 is 43.6 Å². The van der Waals surface area contributed by atoms with E-state index in [0.717, 1.165) is 47.1 Å². The van der Waals surface area contributed by atoms with Crippen LogP contribution in [-0.4, -0.2) is 54.9 Å². The Labute approximate surface area is 252 Å². The Kier molecular flexibility index (Phi) is 11.5. The molecular weight excluding hydrogens is 624 g/mol. The summed E-state index contributed by atoms with van der Waals surface area (Å²) in [6, 6.07) is 19.9. The predicted molar refractivity (Wildman–Crippen MR) is 151 cm³/mol. The van der Waals surface area contributed by atoms with Crippen LogP contribution in [0.1, 0.15) is 36.8 Å². The third-order valence-corrected chi connectivity index (χ3v) is 7.15. The van der Waals surface area contributed by atoms with Gasteiger partial charge in [0.1, 0.15) is 11.9 Å². The van der Waals surface area contributed by atoms with Crippen LogP contribution in [0.25, 0.3) is 11.1 Å². The number of hydrogen-bond donors (Lipinski definition) is 3. The first-order chi connectivity index (χ1) is 18.7. The Morgan fingerprint density at radius 1 is 0.950 bits per heavy atom. The fourth-order valence-corrected chi connectivity index (χ4v) is 4.80. The van der Waals surface area contributed by atoms with Crippen molar-refractivity contribution in [2.75, 3.05) is 37.8 Å². The molecule has 1 fully saturated rings. The molecule has 0 radical (unpaired) electrons. The van der Waals surface area contributed by atoms with Gasteiger partial charge in [0.05, 0.1) is 45.2 Å². The van der Waals surface area contributed by atoms with E-state index in [2.05, 4.69) is 24.7 Å². The highest BCUT2D eigenvalue weighted by Crippen LogP contribution is 2.30. The van der Waals surface area contributed by atoms with Gasteiger partial charge in [0.25, 0.3) is 0 Å². The lowest BCUT2D eigenvalue weighted by atomic mass is 9.99. The molecule has 214 valence electrons. The molecule has 0 atom stereocenters. The number of nitrogens with zero attached hydrogens (tertiary/aromatic N) is 1. The van der Waals surface area contributed by atoms with E-state index in [1.807, 2.05) is 48.5 Å². The van der Waals surface area contributed by atoms with Gasteiger partial charge in [-0.3, -0.25) is 10.1 Å². The second kappa shape index (κ2) is 14.6. The molecule has 4 rings (SSSR count). The topological polar surface area (TPSA) is 87.7 Å². The van der Waals surface area contributed by atoms with Crippen LogP contribution in [0.15, 0.2) is 66.7 Å². The van der Waals surface area contributed by atoms with E-state index in [-0.39, 0.29) is 54.7 Å². The summed E-state index contributed by atoms with van der Waals surface area (Å²) < 4.78 is 20.8. The van der Waals surface area contributed by atoms with Crippen molar-refractivity contribution >= 4 is 23.4 Å². The largest absolute Gasteiger partial charge is 1.00 e. The molecule has 0 aromatic heterocycles. The number of carbonyl (C=O) groups excluding carboxylic acids is 2. The molecule has 7 nitrogen and oxygen atoms in total. The number of quaternary nitrogens is 1. The summed E-state index contributed by atoms with van der Waals surface area (Å²) in [6.45, 7) is 1.68. The monoisotopic (exact) mass is 661 g/mol. The number of likely N-dealkylation sites (tertiary alicyclic amines) is 1. The lowest BCUT2D eigenvalue weighted by molar-refractivity contribution is -0.896. The number of aryl methyl sites for hydroxylation is 1. The molecule has 9 heteroatoms. The van der Waals surface area contributed by atoms with E-state index in [9.17, 15) is 14.0 Å². The van der Waals surface area contributed by atoms with E-state index in [1.54, 1.807) is 6.07 Å². The number of benzene rings is 3. The lowest BCUT2D eigenvalue weighted by Gasteiger charge is -2.36. The summed E-state index contributed by atoms with van der Waals surface area (Å²) in [5.41, 5.74) is 4.02. The maximum atomic E-state index is 14.1. The molecule has 1 heterocycles. The standard InChI is InChI=1S/C31H36FN3O4.HI/c1-35(2)17-15-25(16-18-35)39-31(38)34-29-20-22(11-13-26(29)24-8-4-3-5-9-24)7-6-10-30(37)33-28-14-12-23(21-36)19-27(28)32;/h3-5,8-9,11-14,19-20,25,36H,6-7,10,15-18,21H2,1-2H3,(H-,33,34,37,38);1H. The third-order valence-electron chi connectivity index (χ3n) is 7.15. The normalized spacial score (nSPS) is 14.6. The number of hydrogen-bond acceptors (Lipinski definition) is 4. The number of amides is 2. The molecule has 1 saturated heterocycles. The van der Waals surface area contributed by atoms with Crippen LogP contribution >= 0.6 is 0 Å². The Morgan fingerprint density at radius 2 is 1.65 bits per heavy atom. The van der Waals surface area contributed by atoms with Crippen LogP contribution in [-0.2, 0) is 22.6 Å². The average Bonchev–Trinajstić information content (AvgIpc) is 2.91. The fourth-order valence-electron chi connectivity index (χ4n) is 4.80. The first-order valence-corrected chi connectivity index (χ1v) is 13.4. The van der Waals surface area contributed by atoms with Gasteiger partial charge in [-0.25, -0.2) is 9.18 Å². The molecule has 1 aliphatic rings. The number of piperidine rings is 1. The van der Waals surface area contributed by atoms with Crippen molar-refractivity contribution < 1.29 is 52.3 Å². The molecule has 40 heavy (non-hydrogen) atoms. The molecule has 0 saturated carbocycles. The van der Waals surface area contributed by atoms with Crippen molar-refractivity contribution in [1.82, 2.24) is 0 Å². The van der Waals surface area contributed by atoms with E-state index in [1.165, 1.54) is 12.1 Å². The Morgan fingerprint density at radius 3 is 2.33 bits per heavy atom. The summed E-state index contributed by atoms with van der Waals surface area (Å²) in [6.07, 6.45) is 2.48. The van der Waals surface area contributed by atoms with Crippen molar-refractivity contribution in [1.29, 1.82) is 0 Å². The zero-order chi connectivity index (χ0) is 27.8. The zero-order valence-corrected chi connectivity index (χ0v) is 25.1. The summed E-state index contributed by atoms with van der Waals surface area (Å²) in [7, 11) is 4.37. The zero-order valence-electron chi connectivity index (χ0n) is 23.0. The summed E-state index contributed by atoms with van der Waals surface area (Å²) >= 11 is 0. The molecule has 0 bridgehead atoms. The molecule has 0 unspecified atom stereocenters. The van der Waals surface area contributed by atoms with Gasteiger partial charge in [-0.2, -0.15) is 0 Å². The van der Waals surface area contributed by atoms with Crippen molar-refractivity contribution in [2.24, 2.45) is 0 Å². The second-order valence-electron chi connectivity index (χ2n) is 10.7. The minimum absolute atomic E-state index is 0. The van der Waals surface area contributed by atoms with Crippen LogP contribution in [0.3, 0.4) is 0 Å². The van der Waals surface area contributed by atoms with E-state index >= 15 is 0 Å². The van der Waals surface area contributed by atoms with Crippen molar-refractivity contribution in [3.05, 3.63) is 83.7 Å². The second-order valence-corrected chi connectivity index (χ2v) is 10.7. The van der Waals surface area contributed by atoms with Crippen LogP contribution < -0.4 is 34.6 Å². The average molecular weight is 662 g/mol. The van der Waals surface area contributed by atoms with Gasteiger partial charge in [0.2, 0.25) is 5.91 Å². The minimum atomic E-state index is -0.579. The highest BCUT2D eigenvalue weighted by molar-refractivity contribution is 5.92. The molecule has 3 aromatic rings. The number of anilines is 2. The van der Waals surface area contributed by atoms with Crippen LogP contribution in [0, 0.1) is 5.82 Å². The van der Waals surface area contributed by atoms with E-state index in [0.29, 0.717) is 24.1 Å². The Hall–Kier alpha value is -3.02. The highest BCUT2D eigenvalue weighted by atomic mass is 127. The summed E-state index contributed by atoms with van der Waals surface area (Å²) in [5.74, 6) is -0.868. The number of aliphatic hydroxyl groups excluding tert-OH is 1. The number of rotatable bonds is 9. The predicted octanol–water partition coefficient (Wildman–Crippen LogP) is 2.74. The maximum Gasteiger partial charge on any atom is 0.411 e. The molecule has 3 N–H and O–H groups in total. The van der Waals surface area contributed by atoms with E-state index < -0.39 is 11.9 Å². The lowest BCUT2D eigenvalue weighted by Crippen LogP contribution is -3.00. The minimum Gasteiger partial charge on any atom is -1.00 e. The Bertz CT molecular complexity index is 1290. The third kappa shape index (κ3) is 9.00. The molecule has 1 aliphatic heterocycles. The molecule has 2 amide bonds. The first kappa shape index (κ1) is 31.5. The molecule has 0 aliphatic carbocycles. The van der Waals surface area contributed by atoms with E-state index in [4.69, 9.17) is 9.84 Å². The van der Waals surface area contributed by atoms with Gasteiger partial charge in [0.15, 0.2) is 0 Å². The number of halogens is 2. The molecular formula is C31H37FIN3O4. The quantitative estimate of drug-likeness (QED) is 0.243. The first-order valence-electron chi connectivity index (χ1n) is 13.4. The maximum absolute atomic E-state index is 14.1. The number of ether oxygens (including phenoxy) is 1. The van der Waals surface area contributed by atoms with Gasteiger partial charge in [-0.1, -0.05) is 48.5 Å².